The Morgan fingerprint density at radius 1 is 1.11 bits per heavy atom. The minimum atomic E-state index is -0.225. The molecule has 0 unspecified atom stereocenters. The van der Waals surface area contributed by atoms with E-state index in [4.69, 9.17) is 4.74 Å². The SMILES string of the molecule is Cc1ccc(C)c(NC(=O)COc2ncnc3scc(-c4ccccc4)c23)c1. The van der Waals surface area contributed by atoms with Crippen molar-refractivity contribution >= 4 is 33.1 Å². The van der Waals surface area contributed by atoms with Gasteiger partial charge < -0.3 is 10.1 Å². The molecule has 0 aliphatic rings. The number of ether oxygens (including phenoxy) is 1. The Morgan fingerprint density at radius 2 is 1.93 bits per heavy atom. The van der Waals surface area contributed by atoms with Gasteiger partial charge in [0.25, 0.3) is 5.91 Å². The normalized spacial score (nSPS) is 10.8. The van der Waals surface area contributed by atoms with Crippen molar-refractivity contribution in [3.05, 3.63) is 71.4 Å². The third-order valence-electron chi connectivity index (χ3n) is 4.43. The van der Waals surface area contributed by atoms with Gasteiger partial charge in [-0.3, -0.25) is 4.79 Å². The average Bonchev–Trinajstić information content (AvgIpc) is 3.15. The number of fused-ring (bicyclic) bond motifs is 1. The molecular formula is C22H19N3O2S. The van der Waals surface area contributed by atoms with Crippen LogP contribution in [0.15, 0.2) is 60.2 Å². The highest BCUT2D eigenvalue weighted by molar-refractivity contribution is 7.17. The highest BCUT2D eigenvalue weighted by Crippen LogP contribution is 2.37. The van der Waals surface area contributed by atoms with Crippen molar-refractivity contribution in [1.29, 1.82) is 0 Å². The number of rotatable bonds is 5. The van der Waals surface area contributed by atoms with E-state index in [9.17, 15) is 4.79 Å². The fourth-order valence-corrected chi connectivity index (χ4v) is 3.88. The van der Waals surface area contributed by atoms with Gasteiger partial charge in [0.15, 0.2) is 6.61 Å². The molecule has 5 nitrogen and oxygen atoms in total. The van der Waals surface area contributed by atoms with Crippen molar-refractivity contribution in [2.24, 2.45) is 0 Å². The molecule has 4 aromatic rings. The number of carbonyl (C=O) groups is 1. The summed E-state index contributed by atoms with van der Waals surface area (Å²) in [5.74, 6) is 0.193. The van der Waals surface area contributed by atoms with Crippen LogP contribution >= 0.6 is 11.3 Å². The molecule has 6 heteroatoms. The molecular weight excluding hydrogens is 370 g/mol. The number of carbonyl (C=O) groups excluding carboxylic acids is 1. The second-order valence-corrected chi connectivity index (χ2v) is 7.39. The third kappa shape index (κ3) is 3.73. The van der Waals surface area contributed by atoms with Crippen LogP contribution < -0.4 is 10.1 Å². The fourth-order valence-electron chi connectivity index (χ4n) is 2.98. The van der Waals surface area contributed by atoms with E-state index in [-0.39, 0.29) is 12.5 Å². The zero-order chi connectivity index (χ0) is 19.5. The second-order valence-electron chi connectivity index (χ2n) is 6.53. The molecule has 0 atom stereocenters. The van der Waals surface area contributed by atoms with Gasteiger partial charge in [-0.05, 0) is 36.6 Å². The minimum Gasteiger partial charge on any atom is -0.467 e. The first-order chi connectivity index (χ1) is 13.6. The number of hydrogen-bond donors (Lipinski definition) is 1. The topological polar surface area (TPSA) is 64.1 Å². The van der Waals surface area contributed by atoms with Gasteiger partial charge >= 0.3 is 0 Å². The number of aryl methyl sites for hydroxylation is 2. The van der Waals surface area contributed by atoms with Crippen molar-refractivity contribution in [3.8, 4) is 17.0 Å². The first kappa shape index (κ1) is 18.1. The molecule has 0 fully saturated rings. The summed E-state index contributed by atoms with van der Waals surface area (Å²) in [6.45, 7) is 3.83. The predicted molar refractivity (Wildman–Crippen MR) is 113 cm³/mol. The van der Waals surface area contributed by atoms with Gasteiger partial charge in [0, 0.05) is 16.6 Å². The first-order valence-corrected chi connectivity index (χ1v) is 9.77. The van der Waals surface area contributed by atoms with E-state index in [1.54, 1.807) is 0 Å². The molecule has 0 aliphatic heterocycles. The predicted octanol–water partition coefficient (Wildman–Crippen LogP) is 4.99. The average molecular weight is 389 g/mol. The van der Waals surface area contributed by atoms with Crippen molar-refractivity contribution in [2.45, 2.75) is 13.8 Å². The van der Waals surface area contributed by atoms with Gasteiger partial charge in [0.05, 0.1) is 5.39 Å². The lowest BCUT2D eigenvalue weighted by Crippen LogP contribution is -2.21. The van der Waals surface area contributed by atoms with Crippen molar-refractivity contribution < 1.29 is 9.53 Å². The molecule has 2 aromatic heterocycles. The number of benzene rings is 2. The summed E-state index contributed by atoms with van der Waals surface area (Å²) in [4.78, 5) is 21.8. The molecule has 2 aromatic carbocycles. The summed E-state index contributed by atoms with van der Waals surface area (Å²) in [7, 11) is 0. The van der Waals surface area contributed by atoms with E-state index in [1.165, 1.54) is 17.7 Å². The van der Waals surface area contributed by atoms with E-state index < -0.39 is 0 Å². The maximum absolute atomic E-state index is 12.4. The van der Waals surface area contributed by atoms with E-state index in [0.29, 0.717) is 5.88 Å². The Kier molecular flexibility index (Phi) is 5.04. The first-order valence-electron chi connectivity index (χ1n) is 8.89. The van der Waals surface area contributed by atoms with Crippen molar-refractivity contribution in [2.75, 3.05) is 11.9 Å². The van der Waals surface area contributed by atoms with Crippen LogP contribution in [0.3, 0.4) is 0 Å². The number of anilines is 1. The van der Waals surface area contributed by atoms with Gasteiger partial charge in [-0.2, -0.15) is 0 Å². The summed E-state index contributed by atoms with van der Waals surface area (Å²) in [6, 6.07) is 16.0. The van der Waals surface area contributed by atoms with Gasteiger partial charge in [-0.1, -0.05) is 42.5 Å². The summed E-state index contributed by atoms with van der Waals surface area (Å²) in [5, 5.41) is 5.78. The van der Waals surface area contributed by atoms with Crippen LogP contribution in [-0.2, 0) is 4.79 Å². The smallest absolute Gasteiger partial charge is 0.262 e. The molecule has 0 spiro atoms. The third-order valence-corrected chi connectivity index (χ3v) is 5.31. The highest BCUT2D eigenvalue weighted by atomic mass is 32.1. The fraction of sp³-hybridized carbons (Fsp3) is 0.136. The lowest BCUT2D eigenvalue weighted by Gasteiger charge is -2.11. The van der Waals surface area contributed by atoms with E-state index in [0.717, 1.165) is 38.2 Å². The van der Waals surface area contributed by atoms with Crippen LogP contribution in [0.2, 0.25) is 0 Å². The molecule has 0 aliphatic carbocycles. The molecule has 28 heavy (non-hydrogen) atoms. The maximum Gasteiger partial charge on any atom is 0.262 e. The van der Waals surface area contributed by atoms with Crippen LogP contribution in [0.1, 0.15) is 11.1 Å². The number of nitrogens with zero attached hydrogens (tertiary/aromatic N) is 2. The number of nitrogens with one attached hydrogen (secondary N) is 1. The lowest BCUT2D eigenvalue weighted by atomic mass is 10.1. The van der Waals surface area contributed by atoms with Gasteiger partial charge in [0.2, 0.25) is 5.88 Å². The number of aromatic nitrogens is 2. The monoisotopic (exact) mass is 389 g/mol. The Balaban J connectivity index is 1.56. The molecule has 0 radical (unpaired) electrons. The summed E-state index contributed by atoms with van der Waals surface area (Å²) < 4.78 is 5.79. The van der Waals surface area contributed by atoms with Crippen LogP contribution in [0, 0.1) is 13.8 Å². The Hall–Kier alpha value is -3.25. The van der Waals surface area contributed by atoms with E-state index in [2.05, 4.69) is 15.3 Å². The zero-order valence-corrected chi connectivity index (χ0v) is 16.4. The van der Waals surface area contributed by atoms with Gasteiger partial charge in [-0.15, -0.1) is 11.3 Å². The van der Waals surface area contributed by atoms with Gasteiger partial charge in [-0.25, -0.2) is 9.97 Å². The molecule has 0 saturated carbocycles. The summed E-state index contributed by atoms with van der Waals surface area (Å²) >= 11 is 1.53. The molecule has 1 amide bonds. The maximum atomic E-state index is 12.4. The van der Waals surface area contributed by atoms with Crippen molar-refractivity contribution in [3.63, 3.8) is 0 Å². The standard InChI is InChI=1S/C22H19N3O2S/c1-14-8-9-15(2)18(10-14)25-19(26)11-27-21-20-17(16-6-4-3-5-7-16)12-28-22(20)24-13-23-21/h3-10,12-13H,11H2,1-2H3,(H,25,26). The van der Waals surface area contributed by atoms with E-state index >= 15 is 0 Å². The number of thiophene rings is 1. The number of hydrogen-bond acceptors (Lipinski definition) is 5. The Morgan fingerprint density at radius 3 is 2.75 bits per heavy atom. The highest BCUT2D eigenvalue weighted by Gasteiger charge is 2.15. The Bertz CT molecular complexity index is 1140. The summed E-state index contributed by atoms with van der Waals surface area (Å²) in [6.07, 6.45) is 1.46. The van der Waals surface area contributed by atoms with Crippen LogP contribution in [0.25, 0.3) is 21.3 Å². The largest absolute Gasteiger partial charge is 0.467 e. The summed E-state index contributed by atoms with van der Waals surface area (Å²) in [5.41, 5.74) is 4.96. The molecule has 4 rings (SSSR count). The zero-order valence-electron chi connectivity index (χ0n) is 15.6. The molecule has 140 valence electrons. The van der Waals surface area contributed by atoms with Crippen LogP contribution in [-0.4, -0.2) is 22.5 Å². The molecule has 1 N–H and O–H groups in total. The second kappa shape index (κ2) is 7.78. The molecule has 2 heterocycles. The lowest BCUT2D eigenvalue weighted by molar-refractivity contribution is -0.118. The van der Waals surface area contributed by atoms with Crippen molar-refractivity contribution in [1.82, 2.24) is 9.97 Å². The Labute approximate surface area is 167 Å². The molecule has 0 bridgehead atoms. The molecule has 0 saturated heterocycles. The van der Waals surface area contributed by atoms with Crippen LogP contribution in [0.5, 0.6) is 5.88 Å². The number of amides is 1. The quantitative estimate of drug-likeness (QED) is 0.522. The minimum absolute atomic E-state index is 0.121. The van der Waals surface area contributed by atoms with Gasteiger partial charge in [0.1, 0.15) is 11.2 Å². The van der Waals surface area contributed by atoms with E-state index in [1.807, 2.05) is 67.8 Å². The van der Waals surface area contributed by atoms with Crippen LogP contribution in [0.4, 0.5) is 5.69 Å².